The molecule has 1 aliphatic rings. The molecule has 0 saturated heterocycles. The molecular formula is C34H40ClF4N7O6S3. The minimum Gasteiger partial charge on any atom is -0.394 e. The zero-order valence-electron chi connectivity index (χ0n) is 29.5. The number of anilines is 3. The smallest absolute Gasteiger partial charge is 0.236 e. The fourth-order valence-corrected chi connectivity index (χ4v) is 8.06. The van der Waals surface area contributed by atoms with E-state index >= 15 is 0 Å². The molecule has 0 amide bonds. The van der Waals surface area contributed by atoms with E-state index in [4.69, 9.17) is 21.8 Å². The minimum atomic E-state index is -3.62. The van der Waals surface area contributed by atoms with Gasteiger partial charge in [0.2, 0.25) is 10.0 Å². The average Bonchev–Trinajstić information content (AvgIpc) is 3.10. The third kappa shape index (κ3) is 13.0. The molecule has 0 bridgehead atoms. The van der Waals surface area contributed by atoms with Crippen molar-refractivity contribution in [3.05, 3.63) is 88.1 Å². The summed E-state index contributed by atoms with van der Waals surface area (Å²) in [4.78, 5) is 16.7. The summed E-state index contributed by atoms with van der Waals surface area (Å²) in [5.74, 6) is -2.98. The molecule has 4 aromatic rings. The first kappa shape index (κ1) is 44.2. The number of nitrogens with zero attached hydrogens (tertiary/aromatic N) is 4. The van der Waals surface area contributed by atoms with Crippen molar-refractivity contribution in [3.8, 4) is 0 Å². The van der Waals surface area contributed by atoms with Crippen LogP contribution in [-0.2, 0) is 21.5 Å². The summed E-state index contributed by atoms with van der Waals surface area (Å²) >= 11 is 8.04. The molecule has 7 N–H and O–H groups in total. The number of benzene rings is 2. The number of rotatable bonds is 17. The fraction of sp³-hybridized carbons (Fsp3) is 0.412. The Hall–Kier alpha value is -3.50. The van der Waals surface area contributed by atoms with Crippen molar-refractivity contribution in [1.29, 1.82) is 0 Å². The molecule has 2 aromatic carbocycles. The van der Waals surface area contributed by atoms with Gasteiger partial charge in [0.1, 0.15) is 22.6 Å². The Balaban J connectivity index is 0.000000253. The fourth-order valence-electron chi connectivity index (χ4n) is 4.64. The van der Waals surface area contributed by atoms with Gasteiger partial charge in [-0.15, -0.1) is 0 Å². The Morgan fingerprint density at radius 2 is 1.22 bits per heavy atom. The van der Waals surface area contributed by atoms with E-state index in [0.717, 1.165) is 42.1 Å². The summed E-state index contributed by atoms with van der Waals surface area (Å²) < 4.78 is 81.6. The molecule has 4 atom stereocenters. The molecule has 5 rings (SSSR count). The predicted molar refractivity (Wildman–Crippen MR) is 203 cm³/mol. The molecule has 300 valence electrons. The maximum Gasteiger partial charge on any atom is 0.236 e. The van der Waals surface area contributed by atoms with Crippen LogP contribution in [0.2, 0.25) is 5.15 Å². The van der Waals surface area contributed by atoms with E-state index in [-0.39, 0.29) is 49.7 Å². The van der Waals surface area contributed by atoms with Gasteiger partial charge in [0.05, 0.1) is 42.8 Å². The Morgan fingerprint density at radius 1 is 0.764 bits per heavy atom. The van der Waals surface area contributed by atoms with Gasteiger partial charge in [0.15, 0.2) is 33.6 Å². The predicted octanol–water partition coefficient (Wildman–Crippen LogP) is 5.35. The summed E-state index contributed by atoms with van der Waals surface area (Å²) in [5.41, 5.74) is 0.315. The second kappa shape index (κ2) is 20.6. The lowest BCUT2D eigenvalue weighted by Crippen LogP contribution is -2.34. The average molecular weight is 850 g/mol. The number of thioether (sulfide) groups is 2. The number of aliphatic hydroxyl groups excluding tert-OH is 4. The van der Waals surface area contributed by atoms with E-state index in [1.54, 1.807) is 13.8 Å². The van der Waals surface area contributed by atoms with Gasteiger partial charge in [-0.25, -0.2) is 45.9 Å². The highest BCUT2D eigenvalue weighted by Gasteiger charge is 2.32. The van der Waals surface area contributed by atoms with Crippen LogP contribution in [0, 0.1) is 23.3 Å². The highest BCUT2D eigenvalue weighted by atomic mass is 35.5. The number of nitrogens with one attached hydrogen (secondary N) is 3. The highest BCUT2D eigenvalue weighted by Crippen LogP contribution is 2.30. The van der Waals surface area contributed by atoms with Gasteiger partial charge in [0, 0.05) is 34.8 Å². The third-order valence-electron chi connectivity index (χ3n) is 8.17. The van der Waals surface area contributed by atoms with Gasteiger partial charge in [0.25, 0.3) is 0 Å². The van der Waals surface area contributed by atoms with Crippen LogP contribution in [0.15, 0.2) is 58.8 Å². The van der Waals surface area contributed by atoms with Crippen molar-refractivity contribution >= 4 is 62.6 Å². The Bertz CT molecular complexity index is 2010. The first-order chi connectivity index (χ1) is 26.1. The molecule has 13 nitrogen and oxygen atoms in total. The number of hydrogen-bond donors (Lipinski definition) is 7. The maximum atomic E-state index is 13.9. The number of aromatic nitrogens is 4. The van der Waals surface area contributed by atoms with Gasteiger partial charge in [-0.1, -0.05) is 65.8 Å². The number of sulfonamides is 1. The first-order valence-electron chi connectivity index (χ1n) is 16.8. The van der Waals surface area contributed by atoms with Gasteiger partial charge in [-0.05, 0) is 38.8 Å². The molecule has 0 unspecified atom stereocenters. The summed E-state index contributed by atoms with van der Waals surface area (Å²) in [6, 6.07) is 9.61. The highest BCUT2D eigenvalue weighted by molar-refractivity contribution is 7.98. The molecule has 2 aromatic heterocycles. The molecule has 1 aliphatic carbocycles. The molecule has 21 heteroatoms. The van der Waals surface area contributed by atoms with E-state index < -0.39 is 76.0 Å². The topological polar surface area (TPSA) is 203 Å². The van der Waals surface area contributed by atoms with Gasteiger partial charge in [-0.3, -0.25) is 4.72 Å². The lowest BCUT2D eigenvalue weighted by Gasteiger charge is -2.25. The van der Waals surface area contributed by atoms with E-state index in [1.165, 1.54) is 36.4 Å². The normalized spacial score (nSPS) is 15.2. The monoisotopic (exact) mass is 849 g/mol. The Kier molecular flexibility index (Phi) is 16.6. The van der Waals surface area contributed by atoms with Crippen LogP contribution in [0.5, 0.6) is 0 Å². The van der Waals surface area contributed by atoms with Crippen LogP contribution >= 0.6 is 35.1 Å². The Labute approximate surface area is 328 Å². The molecule has 1 fully saturated rings. The van der Waals surface area contributed by atoms with Crippen molar-refractivity contribution < 1.29 is 46.4 Å². The lowest BCUT2D eigenvalue weighted by molar-refractivity contribution is 0.0837. The van der Waals surface area contributed by atoms with Crippen LogP contribution in [0.3, 0.4) is 0 Å². The van der Waals surface area contributed by atoms with Crippen LogP contribution in [0.25, 0.3) is 0 Å². The van der Waals surface area contributed by atoms with E-state index in [1.807, 2.05) is 0 Å². The van der Waals surface area contributed by atoms with E-state index in [2.05, 4.69) is 35.3 Å². The first-order valence-corrected chi connectivity index (χ1v) is 20.7. The molecule has 55 heavy (non-hydrogen) atoms. The minimum absolute atomic E-state index is 0.0245. The molecular weight excluding hydrogens is 810 g/mol. The van der Waals surface area contributed by atoms with Crippen molar-refractivity contribution in [2.45, 2.75) is 84.5 Å². The van der Waals surface area contributed by atoms with Gasteiger partial charge >= 0.3 is 0 Å². The zero-order valence-corrected chi connectivity index (χ0v) is 32.7. The second-order valence-electron chi connectivity index (χ2n) is 12.3. The molecule has 1 saturated carbocycles. The van der Waals surface area contributed by atoms with Crippen LogP contribution in [0.1, 0.15) is 44.2 Å². The lowest BCUT2D eigenvalue weighted by atomic mass is 10.0. The summed E-state index contributed by atoms with van der Waals surface area (Å²) in [5, 5.41) is 43.3. The van der Waals surface area contributed by atoms with Crippen LogP contribution in [0.4, 0.5) is 35.0 Å². The number of hydrogen-bond acceptors (Lipinski definition) is 14. The number of aliphatic hydroxyl groups is 4. The molecule has 2 heterocycles. The SMILES string of the molecule is C[C@@H](Nc1cc(Cl)nc(SCc2cccc(F)c2F)n1)[C@@H](O)CO.C[C@@H](Nc1cc(NS(=O)(=O)C2CCC2)nc(SCc2cccc(F)c2F)n1)[C@@H](O)CO. The van der Waals surface area contributed by atoms with Crippen molar-refractivity contribution in [3.63, 3.8) is 0 Å². The van der Waals surface area contributed by atoms with Gasteiger partial charge in [-0.2, -0.15) is 0 Å². The van der Waals surface area contributed by atoms with Gasteiger partial charge < -0.3 is 31.1 Å². The summed E-state index contributed by atoms with van der Waals surface area (Å²) in [6.07, 6.45) is -0.0324. The van der Waals surface area contributed by atoms with Crippen molar-refractivity contribution in [2.75, 3.05) is 28.6 Å². The van der Waals surface area contributed by atoms with Crippen LogP contribution in [-0.4, -0.2) is 91.5 Å². The number of halogens is 5. The van der Waals surface area contributed by atoms with E-state index in [0.29, 0.717) is 18.7 Å². The quantitative estimate of drug-likeness (QED) is 0.0310. The Morgan fingerprint density at radius 3 is 1.67 bits per heavy atom. The summed E-state index contributed by atoms with van der Waals surface area (Å²) in [7, 11) is -3.62. The van der Waals surface area contributed by atoms with Crippen molar-refractivity contribution in [2.24, 2.45) is 0 Å². The second-order valence-corrected chi connectivity index (χ2v) is 16.6. The largest absolute Gasteiger partial charge is 0.394 e. The molecule has 0 radical (unpaired) electrons. The maximum absolute atomic E-state index is 13.9. The van der Waals surface area contributed by atoms with Crippen LogP contribution < -0.4 is 15.4 Å². The molecule has 0 spiro atoms. The van der Waals surface area contributed by atoms with E-state index in [9.17, 15) is 36.2 Å². The summed E-state index contributed by atoms with van der Waals surface area (Å²) in [6.45, 7) is 2.43. The molecule has 0 aliphatic heterocycles. The third-order valence-corrected chi connectivity index (χ3v) is 12.0. The van der Waals surface area contributed by atoms with Crippen molar-refractivity contribution in [1.82, 2.24) is 19.9 Å². The standard InChI is InChI=1S/C19H24F2N4O4S2.C15H16ClF2N3O2S/c1-11(15(27)9-26)22-16-8-17(25-31(28,29)13-5-3-6-13)24-19(23-16)30-10-12-4-2-7-14(20)18(12)21;1-8(11(23)6-22)19-13-5-12(16)20-15(21-13)24-7-9-3-2-4-10(17)14(9)18/h2,4,7-8,11,13,15,26-27H,3,5-6,9-10H2,1H3,(H2,22,23,24,25);2-5,8,11,22-23H,6-7H2,1H3,(H,19,20,21)/t11-,15+;8-,11+/m11/s1. The zero-order chi connectivity index (χ0) is 40.3.